The van der Waals surface area contributed by atoms with Crippen LogP contribution in [0.4, 0.5) is 0 Å². The van der Waals surface area contributed by atoms with Crippen molar-refractivity contribution in [3.8, 4) is 0 Å². The number of furan rings is 1. The number of aliphatic hydroxyl groups excluding tert-OH is 1. The van der Waals surface area contributed by atoms with Gasteiger partial charge in [-0.05, 0) is 25.0 Å². The molecule has 0 saturated carbocycles. The SMILES string of the molecule is CC(CO)CN[C@H](C)c1ccco1. The Morgan fingerprint density at radius 1 is 1.54 bits per heavy atom. The van der Waals surface area contributed by atoms with Crippen molar-refractivity contribution in [2.75, 3.05) is 13.2 Å². The summed E-state index contributed by atoms with van der Waals surface area (Å²) >= 11 is 0. The number of nitrogens with one attached hydrogen (secondary N) is 1. The smallest absolute Gasteiger partial charge is 0.120 e. The van der Waals surface area contributed by atoms with Crippen molar-refractivity contribution in [3.05, 3.63) is 24.2 Å². The second kappa shape index (κ2) is 5.04. The number of aliphatic hydroxyl groups is 1. The maximum absolute atomic E-state index is 8.81. The lowest BCUT2D eigenvalue weighted by atomic mass is 10.2. The molecule has 1 aromatic heterocycles. The van der Waals surface area contributed by atoms with E-state index in [2.05, 4.69) is 5.32 Å². The highest BCUT2D eigenvalue weighted by Crippen LogP contribution is 2.12. The quantitative estimate of drug-likeness (QED) is 0.728. The first-order valence-electron chi connectivity index (χ1n) is 4.61. The van der Waals surface area contributed by atoms with Gasteiger partial charge >= 0.3 is 0 Å². The highest BCUT2D eigenvalue weighted by Gasteiger charge is 2.08. The van der Waals surface area contributed by atoms with Gasteiger partial charge in [0.05, 0.1) is 12.3 Å². The monoisotopic (exact) mass is 183 g/mol. The van der Waals surface area contributed by atoms with Gasteiger partial charge < -0.3 is 14.8 Å². The third-order valence-electron chi connectivity index (χ3n) is 2.05. The molecule has 13 heavy (non-hydrogen) atoms. The third-order valence-corrected chi connectivity index (χ3v) is 2.05. The highest BCUT2D eigenvalue weighted by atomic mass is 16.3. The molecule has 1 rings (SSSR count). The number of hydrogen-bond donors (Lipinski definition) is 2. The van der Waals surface area contributed by atoms with Gasteiger partial charge in [-0.3, -0.25) is 0 Å². The molecule has 0 aliphatic heterocycles. The lowest BCUT2D eigenvalue weighted by Gasteiger charge is -2.14. The van der Waals surface area contributed by atoms with E-state index < -0.39 is 0 Å². The van der Waals surface area contributed by atoms with Gasteiger partial charge in [0.25, 0.3) is 0 Å². The van der Waals surface area contributed by atoms with Gasteiger partial charge in [-0.15, -0.1) is 0 Å². The van der Waals surface area contributed by atoms with Gasteiger partial charge in [0.2, 0.25) is 0 Å². The van der Waals surface area contributed by atoms with Gasteiger partial charge in [-0.2, -0.15) is 0 Å². The van der Waals surface area contributed by atoms with E-state index in [-0.39, 0.29) is 18.6 Å². The summed E-state index contributed by atoms with van der Waals surface area (Å²) in [4.78, 5) is 0. The second-order valence-electron chi connectivity index (χ2n) is 3.43. The Morgan fingerprint density at radius 2 is 2.31 bits per heavy atom. The first-order valence-corrected chi connectivity index (χ1v) is 4.61. The molecule has 0 spiro atoms. The first kappa shape index (κ1) is 10.3. The van der Waals surface area contributed by atoms with Crippen LogP contribution in [0.5, 0.6) is 0 Å². The molecule has 0 bridgehead atoms. The van der Waals surface area contributed by atoms with Crippen LogP contribution < -0.4 is 5.32 Å². The molecule has 0 aromatic carbocycles. The Labute approximate surface area is 78.8 Å². The summed E-state index contributed by atoms with van der Waals surface area (Å²) in [7, 11) is 0. The van der Waals surface area contributed by atoms with E-state index >= 15 is 0 Å². The summed E-state index contributed by atoms with van der Waals surface area (Å²) in [5.74, 6) is 1.22. The van der Waals surface area contributed by atoms with Crippen LogP contribution in [-0.2, 0) is 0 Å². The maximum Gasteiger partial charge on any atom is 0.120 e. The molecular weight excluding hydrogens is 166 g/mol. The zero-order chi connectivity index (χ0) is 9.68. The molecule has 2 atom stereocenters. The minimum Gasteiger partial charge on any atom is -0.468 e. The molecule has 1 heterocycles. The number of hydrogen-bond acceptors (Lipinski definition) is 3. The van der Waals surface area contributed by atoms with Crippen molar-refractivity contribution in [1.29, 1.82) is 0 Å². The molecule has 0 saturated heterocycles. The van der Waals surface area contributed by atoms with Crippen molar-refractivity contribution in [2.45, 2.75) is 19.9 Å². The van der Waals surface area contributed by atoms with E-state index in [4.69, 9.17) is 9.52 Å². The predicted octanol–water partition coefficient (Wildman–Crippen LogP) is 1.56. The van der Waals surface area contributed by atoms with Gasteiger partial charge in [0.1, 0.15) is 5.76 Å². The molecule has 0 aliphatic rings. The average molecular weight is 183 g/mol. The predicted molar refractivity (Wildman–Crippen MR) is 51.4 cm³/mol. The summed E-state index contributed by atoms with van der Waals surface area (Å²) in [6, 6.07) is 4.04. The van der Waals surface area contributed by atoms with E-state index in [1.54, 1.807) is 6.26 Å². The molecule has 2 N–H and O–H groups in total. The molecule has 0 radical (unpaired) electrons. The molecule has 3 heteroatoms. The van der Waals surface area contributed by atoms with Gasteiger partial charge in [0, 0.05) is 13.2 Å². The molecule has 1 aromatic rings. The standard InChI is InChI=1S/C10H17NO2/c1-8(7-12)6-11-9(2)10-4-3-5-13-10/h3-5,8-9,11-12H,6-7H2,1-2H3/t8?,9-/m1/s1. The highest BCUT2D eigenvalue weighted by molar-refractivity contribution is 5.02. The summed E-state index contributed by atoms with van der Waals surface area (Å²) < 4.78 is 5.24. The Morgan fingerprint density at radius 3 is 2.85 bits per heavy atom. The van der Waals surface area contributed by atoms with Crippen molar-refractivity contribution < 1.29 is 9.52 Å². The summed E-state index contributed by atoms with van der Waals surface area (Å²) in [6.45, 7) is 5.07. The lowest BCUT2D eigenvalue weighted by Crippen LogP contribution is -2.25. The Kier molecular flexibility index (Phi) is 3.99. The van der Waals surface area contributed by atoms with E-state index in [0.717, 1.165) is 12.3 Å². The fourth-order valence-corrected chi connectivity index (χ4v) is 1.08. The normalized spacial score (nSPS) is 15.6. The second-order valence-corrected chi connectivity index (χ2v) is 3.43. The van der Waals surface area contributed by atoms with Crippen LogP contribution in [0.25, 0.3) is 0 Å². The molecule has 0 amide bonds. The summed E-state index contributed by atoms with van der Waals surface area (Å²) in [5, 5.41) is 12.1. The molecule has 0 fully saturated rings. The minimum absolute atomic E-state index is 0.212. The Hall–Kier alpha value is -0.800. The van der Waals surface area contributed by atoms with E-state index in [9.17, 15) is 0 Å². The largest absolute Gasteiger partial charge is 0.468 e. The van der Waals surface area contributed by atoms with E-state index in [1.165, 1.54) is 0 Å². The summed E-state index contributed by atoms with van der Waals surface area (Å²) in [6.07, 6.45) is 1.67. The number of rotatable bonds is 5. The maximum atomic E-state index is 8.81. The topological polar surface area (TPSA) is 45.4 Å². The molecular formula is C10H17NO2. The third kappa shape index (κ3) is 3.20. The zero-order valence-corrected chi connectivity index (χ0v) is 8.16. The van der Waals surface area contributed by atoms with E-state index in [1.807, 2.05) is 26.0 Å². The van der Waals surface area contributed by atoms with Crippen LogP contribution in [0.1, 0.15) is 25.6 Å². The van der Waals surface area contributed by atoms with Gasteiger partial charge in [-0.1, -0.05) is 6.92 Å². The van der Waals surface area contributed by atoms with Crippen LogP contribution >= 0.6 is 0 Å². The average Bonchev–Trinajstić information content (AvgIpc) is 2.66. The van der Waals surface area contributed by atoms with Crippen LogP contribution in [0.2, 0.25) is 0 Å². The molecule has 3 nitrogen and oxygen atoms in total. The Balaban J connectivity index is 2.30. The van der Waals surface area contributed by atoms with Crippen LogP contribution in [0, 0.1) is 5.92 Å². The van der Waals surface area contributed by atoms with Gasteiger partial charge in [0.15, 0.2) is 0 Å². The van der Waals surface area contributed by atoms with E-state index in [0.29, 0.717) is 0 Å². The van der Waals surface area contributed by atoms with Crippen molar-refractivity contribution in [3.63, 3.8) is 0 Å². The fraction of sp³-hybridized carbons (Fsp3) is 0.600. The molecule has 1 unspecified atom stereocenters. The van der Waals surface area contributed by atoms with Crippen molar-refractivity contribution in [2.24, 2.45) is 5.92 Å². The molecule has 74 valence electrons. The lowest BCUT2D eigenvalue weighted by molar-refractivity contribution is 0.229. The zero-order valence-electron chi connectivity index (χ0n) is 8.16. The molecule has 0 aliphatic carbocycles. The first-order chi connectivity index (χ1) is 6.24. The van der Waals surface area contributed by atoms with Crippen molar-refractivity contribution >= 4 is 0 Å². The van der Waals surface area contributed by atoms with Crippen molar-refractivity contribution in [1.82, 2.24) is 5.32 Å². The van der Waals surface area contributed by atoms with Gasteiger partial charge in [-0.25, -0.2) is 0 Å². The van der Waals surface area contributed by atoms with Crippen LogP contribution in [0.3, 0.4) is 0 Å². The van der Waals surface area contributed by atoms with Crippen LogP contribution in [0.15, 0.2) is 22.8 Å². The van der Waals surface area contributed by atoms with Crippen LogP contribution in [-0.4, -0.2) is 18.3 Å². The Bertz CT molecular complexity index is 221. The fourth-order valence-electron chi connectivity index (χ4n) is 1.08. The minimum atomic E-state index is 0.212. The summed E-state index contributed by atoms with van der Waals surface area (Å²) in [5.41, 5.74) is 0.